The maximum absolute atomic E-state index is 12.4. The molecule has 0 heterocycles. The maximum Gasteiger partial charge on any atom is 0.220 e. The van der Waals surface area contributed by atoms with Crippen LogP contribution >= 0.6 is 0 Å². The number of carbonyl (C=O) groups is 1. The fraction of sp³-hybridized carbons (Fsp3) is 0.712. The molecule has 0 aromatic carbocycles. The van der Waals surface area contributed by atoms with E-state index in [9.17, 15) is 15.0 Å². The standard InChI is InChI=1S/C59H103NO3/c1-3-5-7-9-11-13-15-17-18-19-20-21-22-23-24-25-26-27-28-29-30-31-32-33-34-35-36-37-38-39-40-41-42-43-45-47-49-51-53-55-59(63)60-57(56-61)58(62)54-52-50-48-46-44-16-14-12-10-8-6-4-2/h5,7,11,13,17-18,20-21,23-24,26-27,29-30,32-33,57-58,61-62H,3-4,6,8-10,12,14-16,19,22,25,28,31,34-56H2,1-2H3,(H,60,63)/b7-5-,13-11-,18-17-,21-20-,24-23-,27-26-,30-29-,33-32-. The zero-order chi connectivity index (χ0) is 45.6. The molecule has 0 saturated carbocycles. The number of hydrogen-bond donors (Lipinski definition) is 3. The topological polar surface area (TPSA) is 69.6 Å². The average Bonchev–Trinajstić information content (AvgIpc) is 3.29. The Morgan fingerprint density at radius 1 is 0.397 bits per heavy atom. The molecular formula is C59H103NO3. The molecule has 0 aromatic rings. The quantitative estimate of drug-likeness (QED) is 0.0421. The molecule has 0 saturated heterocycles. The number of hydrogen-bond acceptors (Lipinski definition) is 3. The Hall–Kier alpha value is -2.69. The molecule has 1 amide bonds. The second-order valence-corrected chi connectivity index (χ2v) is 17.9. The Balaban J connectivity index is 3.51. The molecule has 0 bridgehead atoms. The van der Waals surface area contributed by atoms with E-state index in [0.29, 0.717) is 12.8 Å². The molecule has 63 heavy (non-hydrogen) atoms. The number of unbranched alkanes of at least 4 members (excludes halogenated alkanes) is 25. The highest BCUT2D eigenvalue weighted by molar-refractivity contribution is 5.76. The summed E-state index contributed by atoms with van der Waals surface area (Å²) < 4.78 is 0. The lowest BCUT2D eigenvalue weighted by molar-refractivity contribution is -0.123. The van der Waals surface area contributed by atoms with Crippen LogP contribution in [0.5, 0.6) is 0 Å². The first-order valence-corrected chi connectivity index (χ1v) is 26.9. The SMILES string of the molecule is CC/C=C\C/C=C\C/C=C\C/C=C\C/C=C\C/C=C\C/C=C\C/C=C\CCCCCCCCCCCCCCCCC(=O)NC(CO)C(O)CCCCCCCCCCCCCC. The van der Waals surface area contributed by atoms with Crippen molar-refractivity contribution in [2.24, 2.45) is 0 Å². The molecule has 3 N–H and O–H groups in total. The molecule has 4 heteroatoms. The first-order chi connectivity index (χ1) is 31.2. The first-order valence-electron chi connectivity index (χ1n) is 26.9. The smallest absolute Gasteiger partial charge is 0.220 e. The largest absolute Gasteiger partial charge is 0.394 e. The molecule has 4 nitrogen and oxygen atoms in total. The van der Waals surface area contributed by atoms with E-state index in [4.69, 9.17) is 0 Å². The van der Waals surface area contributed by atoms with Crippen molar-refractivity contribution < 1.29 is 15.0 Å². The first kappa shape index (κ1) is 60.3. The lowest BCUT2D eigenvalue weighted by Gasteiger charge is -2.22. The van der Waals surface area contributed by atoms with Crippen LogP contribution in [0.4, 0.5) is 0 Å². The summed E-state index contributed by atoms with van der Waals surface area (Å²) in [6.45, 7) is 4.24. The zero-order valence-electron chi connectivity index (χ0n) is 41.6. The van der Waals surface area contributed by atoms with Crippen molar-refractivity contribution in [3.63, 3.8) is 0 Å². The van der Waals surface area contributed by atoms with Crippen molar-refractivity contribution in [1.29, 1.82) is 0 Å². The van der Waals surface area contributed by atoms with E-state index in [1.807, 2.05) is 0 Å². The van der Waals surface area contributed by atoms with Gasteiger partial charge in [0.15, 0.2) is 0 Å². The molecule has 0 aliphatic rings. The van der Waals surface area contributed by atoms with Gasteiger partial charge >= 0.3 is 0 Å². The van der Waals surface area contributed by atoms with Gasteiger partial charge < -0.3 is 15.5 Å². The van der Waals surface area contributed by atoms with Crippen LogP contribution in [0.3, 0.4) is 0 Å². The number of allylic oxidation sites excluding steroid dienone is 16. The Bertz CT molecular complexity index is 1170. The molecule has 2 atom stereocenters. The van der Waals surface area contributed by atoms with Crippen molar-refractivity contribution in [3.8, 4) is 0 Å². The van der Waals surface area contributed by atoms with E-state index in [0.717, 1.165) is 77.0 Å². The summed E-state index contributed by atoms with van der Waals surface area (Å²) >= 11 is 0. The van der Waals surface area contributed by atoms with Crippen LogP contribution < -0.4 is 5.32 Å². The van der Waals surface area contributed by atoms with Gasteiger partial charge in [0.05, 0.1) is 18.8 Å². The van der Waals surface area contributed by atoms with Gasteiger partial charge in [0.2, 0.25) is 5.91 Å². The monoisotopic (exact) mass is 874 g/mol. The third kappa shape index (κ3) is 50.2. The molecule has 0 aliphatic heterocycles. The van der Waals surface area contributed by atoms with Gasteiger partial charge in [0.25, 0.3) is 0 Å². The molecular weight excluding hydrogens is 771 g/mol. The van der Waals surface area contributed by atoms with Gasteiger partial charge in [-0.25, -0.2) is 0 Å². The lowest BCUT2D eigenvalue weighted by atomic mass is 10.0. The van der Waals surface area contributed by atoms with E-state index in [1.54, 1.807) is 0 Å². The van der Waals surface area contributed by atoms with Crippen molar-refractivity contribution in [2.45, 2.75) is 264 Å². The van der Waals surface area contributed by atoms with Gasteiger partial charge in [-0.15, -0.1) is 0 Å². The van der Waals surface area contributed by atoms with Crippen LogP contribution in [0, 0.1) is 0 Å². The maximum atomic E-state index is 12.4. The van der Waals surface area contributed by atoms with Crippen LogP contribution in [0.1, 0.15) is 251 Å². The predicted octanol–water partition coefficient (Wildman–Crippen LogP) is 17.7. The van der Waals surface area contributed by atoms with Crippen molar-refractivity contribution in [1.82, 2.24) is 5.32 Å². The van der Waals surface area contributed by atoms with Crippen LogP contribution in [0.25, 0.3) is 0 Å². The molecule has 362 valence electrons. The minimum Gasteiger partial charge on any atom is -0.394 e. The van der Waals surface area contributed by atoms with E-state index >= 15 is 0 Å². The third-order valence-electron chi connectivity index (χ3n) is 11.9. The molecule has 0 rings (SSSR count). The number of amides is 1. The normalized spacial score (nSPS) is 13.7. The Labute approximate surface area is 392 Å². The van der Waals surface area contributed by atoms with Crippen LogP contribution in [-0.4, -0.2) is 34.9 Å². The molecule has 0 aliphatic carbocycles. The number of nitrogens with one attached hydrogen (secondary N) is 1. The Morgan fingerprint density at radius 2 is 0.698 bits per heavy atom. The van der Waals surface area contributed by atoms with Crippen LogP contribution in [-0.2, 0) is 4.79 Å². The summed E-state index contributed by atoms with van der Waals surface area (Å²) in [6.07, 6.45) is 79.5. The number of aliphatic hydroxyl groups is 2. The van der Waals surface area contributed by atoms with E-state index in [-0.39, 0.29) is 12.5 Å². The minimum atomic E-state index is -0.662. The highest BCUT2D eigenvalue weighted by atomic mass is 16.3. The van der Waals surface area contributed by atoms with Crippen molar-refractivity contribution in [2.75, 3.05) is 6.61 Å². The van der Waals surface area contributed by atoms with Crippen molar-refractivity contribution in [3.05, 3.63) is 97.2 Å². The summed E-state index contributed by atoms with van der Waals surface area (Å²) in [4.78, 5) is 12.4. The fourth-order valence-corrected chi connectivity index (χ4v) is 7.79. The number of carbonyl (C=O) groups excluding carboxylic acids is 1. The highest BCUT2D eigenvalue weighted by Gasteiger charge is 2.20. The Morgan fingerprint density at radius 3 is 1.05 bits per heavy atom. The summed E-state index contributed by atoms with van der Waals surface area (Å²) in [5.41, 5.74) is 0. The summed E-state index contributed by atoms with van der Waals surface area (Å²) in [5, 5.41) is 23.2. The summed E-state index contributed by atoms with van der Waals surface area (Å²) in [6, 6.07) is -0.540. The van der Waals surface area contributed by atoms with Gasteiger partial charge in [-0.2, -0.15) is 0 Å². The third-order valence-corrected chi connectivity index (χ3v) is 11.9. The van der Waals surface area contributed by atoms with Crippen molar-refractivity contribution >= 4 is 5.91 Å². The molecule has 0 aromatic heterocycles. The summed E-state index contributed by atoms with van der Waals surface area (Å²) in [5.74, 6) is -0.0352. The van der Waals surface area contributed by atoms with E-state index in [2.05, 4.69) is 116 Å². The average molecular weight is 874 g/mol. The van der Waals surface area contributed by atoms with Gasteiger partial charge in [0.1, 0.15) is 0 Å². The number of rotatable bonds is 48. The second kappa shape index (κ2) is 53.6. The highest BCUT2D eigenvalue weighted by Crippen LogP contribution is 2.16. The van der Waals surface area contributed by atoms with E-state index < -0.39 is 12.1 Å². The van der Waals surface area contributed by atoms with E-state index in [1.165, 1.54) is 148 Å². The molecule has 0 fully saturated rings. The number of aliphatic hydroxyl groups excluding tert-OH is 2. The fourth-order valence-electron chi connectivity index (χ4n) is 7.79. The van der Waals surface area contributed by atoms with Gasteiger partial charge in [0, 0.05) is 6.42 Å². The zero-order valence-corrected chi connectivity index (χ0v) is 41.6. The summed E-state index contributed by atoms with van der Waals surface area (Å²) in [7, 11) is 0. The predicted molar refractivity (Wildman–Crippen MR) is 280 cm³/mol. The minimum absolute atomic E-state index is 0.0352. The molecule has 2 unspecified atom stereocenters. The van der Waals surface area contributed by atoms with Crippen LogP contribution in [0.15, 0.2) is 97.2 Å². The lowest BCUT2D eigenvalue weighted by Crippen LogP contribution is -2.45. The van der Waals surface area contributed by atoms with Gasteiger partial charge in [-0.1, -0.05) is 265 Å². The van der Waals surface area contributed by atoms with Crippen LogP contribution in [0.2, 0.25) is 0 Å². The molecule has 0 spiro atoms. The second-order valence-electron chi connectivity index (χ2n) is 17.9. The Kier molecular flexibility index (Phi) is 51.4. The van der Waals surface area contributed by atoms with Gasteiger partial charge in [-0.3, -0.25) is 4.79 Å². The van der Waals surface area contributed by atoms with Gasteiger partial charge in [-0.05, 0) is 77.0 Å². The molecule has 0 radical (unpaired) electrons.